The second-order valence-corrected chi connectivity index (χ2v) is 4.24. The van der Waals surface area contributed by atoms with E-state index in [-0.39, 0.29) is 5.82 Å². The predicted molar refractivity (Wildman–Crippen MR) is 63.4 cm³/mol. The molecule has 0 aliphatic heterocycles. The van der Waals surface area contributed by atoms with Crippen LogP contribution in [0.1, 0.15) is 29.5 Å². The van der Waals surface area contributed by atoms with Crippen molar-refractivity contribution in [3.05, 3.63) is 28.6 Å². The van der Waals surface area contributed by atoms with Crippen LogP contribution in [0.25, 0.3) is 0 Å². The molecule has 0 atom stereocenters. The molecule has 1 N–H and O–H groups in total. The average Bonchev–Trinajstić information content (AvgIpc) is 2.38. The number of hydrogen-bond donors (Lipinski definition) is 1. The normalized spacial score (nSPS) is 14.5. The molecule has 0 aromatic heterocycles. The molecule has 0 saturated carbocycles. The number of methoxy groups -OCH3 is 1. The molecule has 0 unspecified atom stereocenters. The fourth-order valence-corrected chi connectivity index (χ4v) is 2.38. The number of hydrogen-bond acceptors (Lipinski definition) is 3. The molecular formula is C13H18FNO2. The number of halogens is 1. The minimum absolute atomic E-state index is 0.106. The molecule has 1 aromatic carbocycles. The van der Waals surface area contributed by atoms with Crippen LogP contribution in [0.5, 0.6) is 5.75 Å². The van der Waals surface area contributed by atoms with Crippen LogP contribution in [-0.2, 0) is 24.2 Å². The number of ether oxygens (including phenoxy) is 1. The second kappa shape index (κ2) is 5.47. The van der Waals surface area contributed by atoms with Crippen LogP contribution in [0.4, 0.5) is 4.39 Å². The van der Waals surface area contributed by atoms with Crippen molar-refractivity contribution in [2.45, 2.75) is 32.2 Å². The summed E-state index contributed by atoms with van der Waals surface area (Å²) in [6, 6.07) is 1.77. The van der Waals surface area contributed by atoms with Crippen LogP contribution in [0.3, 0.4) is 0 Å². The van der Waals surface area contributed by atoms with Crippen molar-refractivity contribution in [2.75, 3.05) is 14.2 Å². The van der Waals surface area contributed by atoms with Gasteiger partial charge in [-0.05, 0) is 37.3 Å². The third kappa shape index (κ3) is 2.42. The van der Waals surface area contributed by atoms with Crippen LogP contribution < -0.4 is 10.2 Å². The highest BCUT2D eigenvalue weighted by Crippen LogP contribution is 2.33. The Kier molecular flexibility index (Phi) is 3.97. The van der Waals surface area contributed by atoms with Gasteiger partial charge < -0.3 is 9.57 Å². The van der Waals surface area contributed by atoms with E-state index in [1.807, 2.05) is 0 Å². The second-order valence-electron chi connectivity index (χ2n) is 4.24. The molecule has 2 rings (SSSR count). The lowest BCUT2D eigenvalue weighted by Crippen LogP contribution is -2.15. The van der Waals surface area contributed by atoms with E-state index in [9.17, 15) is 4.39 Å². The molecule has 0 spiro atoms. The number of rotatable bonds is 4. The van der Waals surface area contributed by atoms with Gasteiger partial charge in [-0.2, -0.15) is 5.48 Å². The molecular weight excluding hydrogens is 221 g/mol. The summed E-state index contributed by atoms with van der Waals surface area (Å²) in [5.41, 5.74) is 5.13. The zero-order chi connectivity index (χ0) is 12.3. The number of nitrogens with one attached hydrogen (secondary N) is 1. The molecule has 0 saturated heterocycles. The molecule has 1 aliphatic carbocycles. The summed E-state index contributed by atoms with van der Waals surface area (Å²) in [7, 11) is 3.16. The average molecular weight is 239 g/mol. The quantitative estimate of drug-likeness (QED) is 0.818. The molecule has 0 bridgehead atoms. The maximum absolute atomic E-state index is 14.2. The maximum atomic E-state index is 14.2. The molecule has 94 valence electrons. The van der Waals surface area contributed by atoms with Gasteiger partial charge in [0.1, 0.15) is 11.6 Å². The van der Waals surface area contributed by atoms with Gasteiger partial charge in [-0.15, -0.1) is 0 Å². The Morgan fingerprint density at radius 3 is 2.59 bits per heavy atom. The van der Waals surface area contributed by atoms with Crippen LogP contribution in [0, 0.1) is 5.82 Å². The first-order valence-corrected chi connectivity index (χ1v) is 5.91. The van der Waals surface area contributed by atoms with E-state index in [0.717, 1.165) is 42.6 Å². The van der Waals surface area contributed by atoms with Crippen LogP contribution in [0.15, 0.2) is 6.07 Å². The zero-order valence-electron chi connectivity index (χ0n) is 10.3. The lowest BCUT2D eigenvalue weighted by Gasteiger charge is -2.21. The van der Waals surface area contributed by atoms with Crippen molar-refractivity contribution in [1.29, 1.82) is 0 Å². The van der Waals surface area contributed by atoms with Crippen LogP contribution in [0.2, 0.25) is 0 Å². The molecule has 17 heavy (non-hydrogen) atoms. The predicted octanol–water partition coefficient (Wildman–Crippen LogP) is 2.36. The van der Waals surface area contributed by atoms with Crippen molar-refractivity contribution in [3.8, 4) is 5.75 Å². The first-order chi connectivity index (χ1) is 8.27. The summed E-state index contributed by atoms with van der Waals surface area (Å²) < 4.78 is 19.6. The van der Waals surface area contributed by atoms with Crippen molar-refractivity contribution in [1.82, 2.24) is 5.48 Å². The first kappa shape index (κ1) is 12.3. The van der Waals surface area contributed by atoms with Crippen LogP contribution >= 0.6 is 0 Å². The highest BCUT2D eigenvalue weighted by Gasteiger charge is 2.21. The minimum atomic E-state index is -0.106. The van der Waals surface area contributed by atoms with E-state index in [2.05, 4.69) is 5.48 Å². The molecule has 0 radical (unpaired) electrons. The lowest BCUT2D eigenvalue weighted by atomic mass is 9.89. The number of fused-ring (bicyclic) bond motifs is 1. The summed E-state index contributed by atoms with van der Waals surface area (Å²) in [6.07, 6.45) is 3.87. The smallest absolute Gasteiger partial charge is 0.131 e. The Balaban J connectivity index is 2.41. The molecule has 0 fully saturated rings. The summed E-state index contributed by atoms with van der Waals surface area (Å²) in [5, 5.41) is 0. The van der Waals surface area contributed by atoms with E-state index in [1.165, 1.54) is 7.11 Å². The number of hydroxylamine groups is 1. The molecule has 4 heteroatoms. The highest BCUT2D eigenvalue weighted by atomic mass is 19.1. The van der Waals surface area contributed by atoms with Gasteiger partial charge in [-0.1, -0.05) is 0 Å². The molecule has 3 nitrogen and oxygen atoms in total. The fourth-order valence-electron chi connectivity index (χ4n) is 2.38. The molecule has 1 aliphatic rings. The minimum Gasteiger partial charge on any atom is -0.496 e. The Morgan fingerprint density at radius 1 is 1.24 bits per heavy atom. The summed E-state index contributed by atoms with van der Waals surface area (Å²) in [4.78, 5) is 4.76. The van der Waals surface area contributed by atoms with Crippen molar-refractivity contribution in [2.24, 2.45) is 0 Å². The Labute approximate surface area is 101 Å². The van der Waals surface area contributed by atoms with Gasteiger partial charge in [0, 0.05) is 17.7 Å². The Morgan fingerprint density at radius 2 is 1.94 bits per heavy atom. The van der Waals surface area contributed by atoms with E-state index in [0.29, 0.717) is 12.1 Å². The standard InChI is InChI=1S/C13H18FNO2/c1-16-12-7-9(8-15-17-2)13(14)11-6-4-3-5-10(11)12/h7,15H,3-6,8H2,1-2H3. The highest BCUT2D eigenvalue weighted by molar-refractivity contribution is 5.46. The zero-order valence-corrected chi connectivity index (χ0v) is 10.3. The van der Waals surface area contributed by atoms with Gasteiger partial charge in [0.15, 0.2) is 0 Å². The van der Waals surface area contributed by atoms with Crippen molar-refractivity contribution >= 4 is 0 Å². The Bertz CT molecular complexity index is 407. The van der Waals surface area contributed by atoms with Gasteiger partial charge in [-0.3, -0.25) is 0 Å². The van der Waals surface area contributed by atoms with E-state index in [4.69, 9.17) is 9.57 Å². The third-order valence-electron chi connectivity index (χ3n) is 3.24. The third-order valence-corrected chi connectivity index (χ3v) is 3.24. The Hall–Kier alpha value is -1.13. The van der Waals surface area contributed by atoms with Gasteiger partial charge in [-0.25, -0.2) is 4.39 Å². The summed E-state index contributed by atoms with van der Waals surface area (Å²) in [5.74, 6) is 0.694. The van der Waals surface area contributed by atoms with Gasteiger partial charge in [0.2, 0.25) is 0 Å². The maximum Gasteiger partial charge on any atom is 0.131 e. The lowest BCUT2D eigenvalue weighted by molar-refractivity contribution is 0.0858. The molecule has 1 aromatic rings. The van der Waals surface area contributed by atoms with Crippen molar-refractivity contribution in [3.63, 3.8) is 0 Å². The van der Waals surface area contributed by atoms with E-state index in [1.54, 1.807) is 13.2 Å². The monoisotopic (exact) mass is 239 g/mol. The van der Waals surface area contributed by atoms with Crippen molar-refractivity contribution < 1.29 is 14.0 Å². The SMILES string of the molecule is CONCc1cc(OC)c2c(c1F)CCCC2. The molecule has 0 heterocycles. The van der Waals surface area contributed by atoms with Gasteiger partial charge in [0.25, 0.3) is 0 Å². The van der Waals surface area contributed by atoms with Gasteiger partial charge in [0.05, 0.1) is 14.2 Å². The number of benzene rings is 1. The van der Waals surface area contributed by atoms with Gasteiger partial charge >= 0.3 is 0 Å². The largest absolute Gasteiger partial charge is 0.496 e. The molecule has 0 amide bonds. The first-order valence-electron chi connectivity index (χ1n) is 5.91. The van der Waals surface area contributed by atoms with Crippen LogP contribution in [-0.4, -0.2) is 14.2 Å². The summed E-state index contributed by atoms with van der Waals surface area (Å²) >= 11 is 0. The topological polar surface area (TPSA) is 30.5 Å². The summed E-state index contributed by atoms with van der Waals surface area (Å²) in [6.45, 7) is 0.353. The van der Waals surface area contributed by atoms with E-state index >= 15 is 0 Å². The van der Waals surface area contributed by atoms with E-state index < -0.39 is 0 Å². The fraction of sp³-hybridized carbons (Fsp3) is 0.538.